The molecule has 0 heterocycles. The maximum atomic E-state index is 12.0. The van der Waals surface area contributed by atoms with Crippen LogP contribution in [0.4, 0.5) is 5.69 Å². The van der Waals surface area contributed by atoms with Crippen molar-refractivity contribution in [2.24, 2.45) is 0 Å². The molecule has 0 spiro atoms. The van der Waals surface area contributed by atoms with Gasteiger partial charge in [0.05, 0.1) is 15.5 Å². The van der Waals surface area contributed by atoms with Gasteiger partial charge in [-0.2, -0.15) is 0 Å². The van der Waals surface area contributed by atoms with E-state index >= 15 is 0 Å². The number of hydrogen-bond acceptors (Lipinski definition) is 3. The molecule has 0 unspecified atom stereocenters. The Kier molecular flexibility index (Phi) is 5.09. The summed E-state index contributed by atoms with van der Waals surface area (Å²) in [4.78, 5) is 22.1. The summed E-state index contributed by atoms with van der Waals surface area (Å²) >= 11 is 5.88. The highest BCUT2D eigenvalue weighted by Crippen LogP contribution is 2.22. The van der Waals surface area contributed by atoms with E-state index in [1.54, 1.807) is 0 Å². The minimum atomic E-state index is -0.551. The van der Waals surface area contributed by atoms with Crippen molar-refractivity contribution in [1.29, 1.82) is 0 Å². The van der Waals surface area contributed by atoms with Crippen LogP contribution in [-0.4, -0.2) is 16.9 Å². The fourth-order valence-electron chi connectivity index (χ4n) is 1.56. The van der Waals surface area contributed by atoms with Crippen molar-refractivity contribution >= 4 is 23.2 Å². The molecule has 0 bridgehead atoms. The number of carbonyl (C=O) groups is 1. The first-order valence-electron chi connectivity index (χ1n) is 5.74. The average Bonchev–Trinajstić information content (AvgIpc) is 2.35. The number of hydrogen-bond donors (Lipinski definition) is 1. The van der Waals surface area contributed by atoms with Crippen molar-refractivity contribution in [3.8, 4) is 0 Å². The van der Waals surface area contributed by atoms with Crippen LogP contribution in [0.1, 0.15) is 37.0 Å². The Bertz CT molecular complexity index is 459. The standard InChI is InChI=1S/C12H15ClN2O3/c1-3-8(4-2)14-12(16)10-7-9(15(17)18)5-6-11(10)13/h5-8H,3-4H2,1-2H3,(H,14,16). The lowest BCUT2D eigenvalue weighted by Crippen LogP contribution is -2.34. The number of benzene rings is 1. The second-order valence-electron chi connectivity index (χ2n) is 3.91. The predicted octanol–water partition coefficient (Wildman–Crippen LogP) is 3.17. The number of carbonyl (C=O) groups excluding carboxylic acids is 1. The maximum absolute atomic E-state index is 12.0. The van der Waals surface area contributed by atoms with Crippen molar-refractivity contribution in [2.45, 2.75) is 32.7 Å². The molecule has 1 rings (SSSR count). The zero-order valence-corrected chi connectivity index (χ0v) is 11.0. The van der Waals surface area contributed by atoms with Gasteiger partial charge in [0, 0.05) is 18.2 Å². The quantitative estimate of drug-likeness (QED) is 0.660. The molecule has 0 saturated carbocycles. The average molecular weight is 271 g/mol. The van der Waals surface area contributed by atoms with Crippen LogP contribution in [0.5, 0.6) is 0 Å². The molecule has 0 saturated heterocycles. The monoisotopic (exact) mass is 270 g/mol. The van der Waals surface area contributed by atoms with E-state index in [1.165, 1.54) is 18.2 Å². The minimum absolute atomic E-state index is 0.0489. The molecule has 0 radical (unpaired) electrons. The summed E-state index contributed by atoms with van der Waals surface area (Å²) < 4.78 is 0. The van der Waals surface area contributed by atoms with Gasteiger partial charge in [-0.15, -0.1) is 0 Å². The van der Waals surface area contributed by atoms with E-state index in [0.29, 0.717) is 0 Å². The molecule has 0 aromatic heterocycles. The van der Waals surface area contributed by atoms with E-state index in [9.17, 15) is 14.9 Å². The Morgan fingerprint density at radius 2 is 2.06 bits per heavy atom. The molecular weight excluding hydrogens is 256 g/mol. The number of amides is 1. The van der Waals surface area contributed by atoms with Crippen molar-refractivity contribution in [3.63, 3.8) is 0 Å². The van der Waals surface area contributed by atoms with E-state index in [-0.39, 0.29) is 28.2 Å². The van der Waals surface area contributed by atoms with E-state index in [4.69, 9.17) is 11.6 Å². The van der Waals surface area contributed by atoms with Crippen molar-refractivity contribution in [2.75, 3.05) is 0 Å². The normalized spacial score (nSPS) is 10.4. The number of nitro benzene ring substituents is 1. The maximum Gasteiger partial charge on any atom is 0.270 e. The highest BCUT2D eigenvalue weighted by atomic mass is 35.5. The lowest BCUT2D eigenvalue weighted by molar-refractivity contribution is -0.384. The molecular formula is C12H15ClN2O3. The highest BCUT2D eigenvalue weighted by Gasteiger charge is 2.17. The topological polar surface area (TPSA) is 72.2 Å². The third-order valence-electron chi connectivity index (χ3n) is 2.73. The lowest BCUT2D eigenvalue weighted by Gasteiger charge is -2.15. The third kappa shape index (κ3) is 3.43. The van der Waals surface area contributed by atoms with Gasteiger partial charge in [-0.3, -0.25) is 14.9 Å². The van der Waals surface area contributed by atoms with Crippen LogP contribution in [0.15, 0.2) is 18.2 Å². The van der Waals surface area contributed by atoms with Gasteiger partial charge in [-0.1, -0.05) is 25.4 Å². The Balaban J connectivity index is 2.97. The summed E-state index contributed by atoms with van der Waals surface area (Å²) in [7, 11) is 0. The third-order valence-corrected chi connectivity index (χ3v) is 3.06. The number of rotatable bonds is 5. The summed E-state index contributed by atoms with van der Waals surface area (Å²) in [6, 6.07) is 3.88. The number of nitro groups is 1. The van der Waals surface area contributed by atoms with Crippen LogP contribution < -0.4 is 5.32 Å². The van der Waals surface area contributed by atoms with Crippen LogP contribution in [0.3, 0.4) is 0 Å². The van der Waals surface area contributed by atoms with Crippen LogP contribution in [0.25, 0.3) is 0 Å². The van der Waals surface area contributed by atoms with Crippen LogP contribution >= 0.6 is 11.6 Å². The molecule has 0 aliphatic carbocycles. The van der Waals surface area contributed by atoms with Gasteiger partial charge < -0.3 is 5.32 Å². The Hall–Kier alpha value is -1.62. The van der Waals surface area contributed by atoms with Crippen LogP contribution in [-0.2, 0) is 0 Å². The largest absolute Gasteiger partial charge is 0.349 e. The molecule has 0 fully saturated rings. The molecule has 1 aromatic rings. The second kappa shape index (κ2) is 6.35. The predicted molar refractivity (Wildman–Crippen MR) is 69.9 cm³/mol. The molecule has 98 valence electrons. The smallest absolute Gasteiger partial charge is 0.270 e. The summed E-state index contributed by atoms with van der Waals surface area (Å²) in [5.41, 5.74) is -0.00753. The van der Waals surface area contributed by atoms with E-state index in [0.717, 1.165) is 12.8 Å². The number of halogens is 1. The second-order valence-corrected chi connectivity index (χ2v) is 4.32. The Morgan fingerprint density at radius 1 is 1.44 bits per heavy atom. The Morgan fingerprint density at radius 3 is 2.56 bits per heavy atom. The minimum Gasteiger partial charge on any atom is -0.349 e. The SMILES string of the molecule is CCC(CC)NC(=O)c1cc([N+](=O)[O-])ccc1Cl. The Labute approximate surface area is 110 Å². The number of non-ortho nitro benzene ring substituents is 1. The van der Waals surface area contributed by atoms with Gasteiger partial charge >= 0.3 is 0 Å². The molecule has 6 heteroatoms. The van der Waals surface area contributed by atoms with Crippen LogP contribution in [0.2, 0.25) is 5.02 Å². The first-order chi connectivity index (χ1) is 8.49. The summed E-state index contributed by atoms with van der Waals surface area (Å²) in [6.45, 7) is 3.92. The molecule has 5 nitrogen and oxygen atoms in total. The van der Waals surface area contributed by atoms with E-state index in [1.807, 2.05) is 13.8 Å². The molecule has 0 aliphatic heterocycles. The highest BCUT2D eigenvalue weighted by molar-refractivity contribution is 6.33. The van der Waals surface area contributed by atoms with Crippen molar-refractivity contribution in [3.05, 3.63) is 38.9 Å². The molecule has 1 aromatic carbocycles. The van der Waals surface area contributed by atoms with E-state index in [2.05, 4.69) is 5.32 Å². The first kappa shape index (κ1) is 14.4. The number of nitrogens with one attached hydrogen (secondary N) is 1. The van der Waals surface area contributed by atoms with Crippen LogP contribution in [0, 0.1) is 10.1 Å². The molecule has 0 atom stereocenters. The summed E-state index contributed by atoms with van der Waals surface area (Å²) in [5, 5.41) is 13.7. The lowest BCUT2D eigenvalue weighted by atomic mass is 10.1. The molecule has 1 N–H and O–H groups in total. The van der Waals surface area contributed by atoms with Gasteiger partial charge in [-0.25, -0.2) is 0 Å². The summed E-state index contributed by atoms with van der Waals surface area (Å²) in [5.74, 6) is -0.377. The van der Waals surface area contributed by atoms with Crippen molar-refractivity contribution < 1.29 is 9.72 Å². The summed E-state index contributed by atoms with van der Waals surface area (Å²) in [6.07, 6.45) is 1.60. The van der Waals surface area contributed by atoms with Gasteiger partial charge in [0.2, 0.25) is 0 Å². The molecule has 18 heavy (non-hydrogen) atoms. The zero-order valence-electron chi connectivity index (χ0n) is 10.3. The zero-order chi connectivity index (χ0) is 13.7. The van der Waals surface area contributed by atoms with Gasteiger partial charge in [0.25, 0.3) is 11.6 Å². The fraction of sp³-hybridized carbons (Fsp3) is 0.417. The first-order valence-corrected chi connectivity index (χ1v) is 6.12. The van der Waals surface area contributed by atoms with Gasteiger partial charge in [0.15, 0.2) is 0 Å². The van der Waals surface area contributed by atoms with E-state index < -0.39 is 4.92 Å². The van der Waals surface area contributed by atoms with Gasteiger partial charge in [0.1, 0.15) is 0 Å². The van der Waals surface area contributed by atoms with Crippen molar-refractivity contribution in [1.82, 2.24) is 5.32 Å². The number of nitrogens with zero attached hydrogens (tertiary/aromatic N) is 1. The molecule has 1 amide bonds. The van der Waals surface area contributed by atoms with Gasteiger partial charge in [-0.05, 0) is 18.9 Å². The molecule has 0 aliphatic rings. The fourth-order valence-corrected chi connectivity index (χ4v) is 1.76.